The van der Waals surface area contributed by atoms with E-state index in [1.165, 1.54) is 0 Å². The molecule has 0 aliphatic carbocycles. The first-order valence-corrected chi connectivity index (χ1v) is 9.93. The molecule has 29 heavy (non-hydrogen) atoms. The van der Waals surface area contributed by atoms with Crippen LogP contribution in [0.1, 0.15) is 12.8 Å². The minimum absolute atomic E-state index is 0.0707. The summed E-state index contributed by atoms with van der Waals surface area (Å²) in [6, 6.07) is 13.3. The number of benzene rings is 1. The lowest BCUT2D eigenvalue weighted by Crippen LogP contribution is -2.38. The Morgan fingerprint density at radius 2 is 1.90 bits per heavy atom. The average molecular weight is 389 g/mol. The molecular weight excluding hydrogens is 366 g/mol. The molecule has 0 N–H and O–H groups in total. The fraction of sp³-hybridized carbons (Fsp3) is 0.333. The van der Waals surface area contributed by atoms with E-state index in [-0.39, 0.29) is 5.56 Å². The van der Waals surface area contributed by atoms with E-state index in [0.717, 1.165) is 42.9 Å². The minimum Gasteiger partial charge on any atom is -0.342 e. The van der Waals surface area contributed by atoms with Crippen LogP contribution < -0.4 is 10.5 Å². The van der Waals surface area contributed by atoms with Crippen LogP contribution in [-0.2, 0) is 13.6 Å². The molecule has 1 fully saturated rings. The molecule has 0 radical (unpaired) electrons. The van der Waals surface area contributed by atoms with Crippen molar-refractivity contribution in [1.29, 1.82) is 0 Å². The van der Waals surface area contributed by atoms with E-state index in [1.807, 2.05) is 24.4 Å². The van der Waals surface area contributed by atoms with E-state index < -0.39 is 0 Å². The number of piperidine rings is 1. The Hall–Kier alpha value is -3.42. The lowest BCUT2D eigenvalue weighted by atomic mass is 9.97. The van der Waals surface area contributed by atoms with Gasteiger partial charge in [0.1, 0.15) is 0 Å². The maximum Gasteiger partial charge on any atom is 0.266 e. The second-order valence-corrected chi connectivity index (χ2v) is 7.55. The molecule has 0 unspecified atom stereocenters. The molecule has 0 atom stereocenters. The first-order chi connectivity index (χ1) is 14.2. The number of para-hydroxylation sites is 2. The molecule has 8 heteroatoms. The number of hydrogen-bond donors (Lipinski definition) is 0. The zero-order valence-electron chi connectivity index (χ0n) is 16.3. The second kappa shape index (κ2) is 7.20. The zero-order valence-corrected chi connectivity index (χ0v) is 16.3. The zero-order chi connectivity index (χ0) is 19.8. The maximum absolute atomic E-state index is 12.3. The summed E-state index contributed by atoms with van der Waals surface area (Å²) >= 11 is 0. The summed E-state index contributed by atoms with van der Waals surface area (Å²) in [7, 11) is 2.07. The number of imidazole rings is 1. The van der Waals surface area contributed by atoms with Crippen LogP contribution in [0, 0.1) is 5.92 Å². The lowest BCUT2D eigenvalue weighted by Gasteiger charge is -2.32. The molecule has 8 nitrogen and oxygen atoms in total. The van der Waals surface area contributed by atoms with Gasteiger partial charge in [-0.25, -0.2) is 14.3 Å². The van der Waals surface area contributed by atoms with Gasteiger partial charge >= 0.3 is 0 Å². The van der Waals surface area contributed by atoms with Gasteiger partial charge in [0, 0.05) is 45.1 Å². The predicted octanol–water partition coefficient (Wildman–Crippen LogP) is 2.23. The molecule has 0 spiro atoms. The highest BCUT2D eigenvalue weighted by atomic mass is 16.1. The summed E-state index contributed by atoms with van der Waals surface area (Å²) < 4.78 is 5.41. The Labute approximate surface area is 168 Å². The summed E-state index contributed by atoms with van der Waals surface area (Å²) in [6.45, 7) is 2.48. The number of nitrogens with zero attached hydrogens (tertiary/aromatic N) is 7. The molecule has 4 heterocycles. The van der Waals surface area contributed by atoms with Gasteiger partial charge in [0.2, 0.25) is 5.95 Å². The third kappa shape index (κ3) is 3.30. The van der Waals surface area contributed by atoms with Crippen molar-refractivity contribution in [2.75, 3.05) is 18.0 Å². The summed E-state index contributed by atoms with van der Waals surface area (Å²) in [5.41, 5.74) is 2.10. The monoisotopic (exact) mass is 389 g/mol. The van der Waals surface area contributed by atoms with E-state index in [4.69, 9.17) is 4.98 Å². The number of fused-ring (bicyclic) bond motifs is 1. The smallest absolute Gasteiger partial charge is 0.266 e. The first-order valence-electron chi connectivity index (χ1n) is 9.93. The van der Waals surface area contributed by atoms with Crippen LogP contribution in [0.15, 0.2) is 59.7 Å². The Morgan fingerprint density at radius 3 is 2.66 bits per heavy atom. The van der Waals surface area contributed by atoms with Crippen LogP contribution in [0.3, 0.4) is 0 Å². The third-order valence-corrected chi connectivity index (χ3v) is 5.68. The Bertz CT molecular complexity index is 1180. The van der Waals surface area contributed by atoms with Gasteiger partial charge < -0.3 is 9.47 Å². The minimum atomic E-state index is -0.0707. The van der Waals surface area contributed by atoms with Crippen molar-refractivity contribution in [2.24, 2.45) is 13.0 Å². The van der Waals surface area contributed by atoms with Crippen molar-refractivity contribution in [1.82, 2.24) is 29.1 Å². The van der Waals surface area contributed by atoms with E-state index in [9.17, 15) is 4.79 Å². The Balaban J connectivity index is 1.29. The molecule has 1 saturated heterocycles. The number of aromatic nitrogens is 6. The quantitative estimate of drug-likeness (QED) is 0.535. The Kier molecular flexibility index (Phi) is 4.38. The highest BCUT2D eigenvalue weighted by Crippen LogP contribution is 2.26. The topological polar surface area (TPSA) is 73.8 Å². The summed E-state index contributed by atoms with van der Waals surface area (Å²) in [5.74, 6) is 2.09. The molecule has 0 amide bonds. The molecule has 1 aliphatic heterocycles. The highest BCUT2D eigenvalue weighted by molar-refractivity contribution is 5.78. The van der Waals surface area contributed by atoms with Gasteiger partial charge in [-0.05, 0) is 43.0 Å². The molecule has 1 aliphatic rings. The summed E-state index contributed by atoms with van der Waals surface area (Å²) in [4.78, 5) is 19.4. The van der Waals surface area contributed by atoms with E-state index in [1.54, 1.807) is 27.7 Å². The summed E-state index contributed by atoms with van der Waals surface area (Å²) in [5, 5.41) is 8.70. The van der Waals surface area contributed by atoms with Gasteiger partial charge in [-0.15, -0.1) is 5.10 Å². The first kappa shape index (κ1) is 17.7. The van der Waals surface area contributed by atoms with Crippen LogP contribution in [0.25, 0.3) is 16.9 Å². The van der Waals surface area contributed by atoms with Gasteiger partial charge in [-0.3, -0.25) is 4.79 Å². The van der Waals surface area contributed by atoms with Crippen molar-refractivity contribution < 1.29 is 0 Å². The van der Waals surface area contributed by atoms with Crippen LogP contribution in [0.5, 0.6) is 0 Å². The average Bonchev–Trinajstić information content (AvgIpc) is 3.39. The largest absolute Gasteiger partial charge is 0.342 e. The highest BCUT2D eigenvalue weighted by Gasteiger charge is 2.23. The molecule has 0 saturated carbocycles. The lowest BCUT2D eigenvalue weighted by molar-refractivity contribution is 0.332. The van der Waals surface area contributed by atoms with Crippen molar-refractivity contribution in [3.63, 3.8) is 0 Å². The van der Waals surface area contributed by atoms with Crippen LogP contribution in [0.2, 0.25) is 0 Å². The van der Waals surface area contributed by atoms with Gasteiger partial charge in [-0.2, -0.15) is 5.10 Å². The van der Waals surface area contributed by atoms with Crippen molar-refractivity contribution in [3.05, 3.63) is 65.2 Å². The van der Waals surface area contributed by atoms with Gasteiger partial charge in [-0.1, -0.05) is 12.1 Å². The van der Waals surface area contributed by atoms with Gasteiger partial charge in [0.15, 0.2) is 5.82 Å². The third-order valence-electron chi connectivity index (χ3n) is 5.68. The van der Waals surface area contributed by atoms with E-state index in [0.29, 0.717) is 18.3 Å². The number of rotatable bonds is 4. The number of anilines is 1. The fourth-order valence-electron chi connectivity index (χ4n) is 4.07. The SMILES string of the molecule is Cn1c(N2CCC(Cn3nc(-n4cccn4)ccc3=O)CC2)nc2ccccc21. The molecule has 148 valence electrons. The van der Waals surface area contributed by atoms with Gasteiger partial charge in [0.25, 0.3) is 5.56 Å². The van der Waals surface area contributed by atoms with Crippen LogP contribution in [0.4, 0.5) is 5.95 Å². The molecule has 1 aromatic carbocycles. The maximum atomic E-state index is 12.3. The van der Waals surface area contributed by atoms with Crippen molar-refractivity contribution in [3.8, 4) is 5.82 Å². The second-order valence-electron chi connectivity index (χ2n) is 7.55. The summed E-state index contributed by atoms with van der Waals surface area (Å²) in [6.07, 6.45) is 5.53. The van der Waals surface area contributed by atoms with E-state index in [2.05, 4.69) is 38.8 Å². The van der Waals surface area contributed by atoms with Crippen LogP contribution in [-0.4, -0.2) is 42.2 Å². The van der Waals surface area contributed by atoms with Crippen molar-refractivity contribution in [2.45, 2.75) is 19.4 Å². The molecule has 5 rings (SSSR count). The molecule has 3 aromatic heterocycles. The molecule has 4 aromatic rings. The van der Waals surface area contributed by atoms with Crippen LogP contribution >= 0.6 is 0 Å². The molecular formula is C21H23N7O. The van der Waals surface area contributed by atoms with Gasteiger partial charge in [0.05, 0.1) is 11.0 Å². The Morgan fingerprint density at radius 1 is 1.07 bits per heavy atom. The fourth-order valence-corrected chi connectivity index (χ4v) is 4.07. The van der Waals surface area contributed by atoms with Crippen molar-refractivity contribution >= 4 is 17.0 Å². The molecule has 0 bridgehead atoms. The standard InChI is InChI=1S/C21H23N7O/c1-25-18-6-3-2-5-17(18)23-21(25)26-13-9-16(10-14-26)15-28-20(29)8-7-19(24-28)27-12-4-11-22-27/h2-8,11-12,16H,9-10,13-15H2,1H3. The number of aryl methyl sites for hydroxylation is 1. The predicted molar refractivity (Wildman–Crippen MR) is 111 cm³/mol. The normalized spacial score (nSPS) is 15.3. The van der Waals surface area contributed by atoms with E-state index >= 15 is 0 Å². The number of hydrogen-bond acceptors (Lipinski definition) is 5.